The second-order valence-electron chi connectivity index (χ2n) is 4.80. The van der Waals surface area contributed by atoms with Crippen molar-refractivity contribution in [1.82, 2.24) is 0 Å². The number of rotatable bonds is 5. The fourth-order valence-corrected chi connectivity index (χ4v) is 2.80. The highest BCUT2D eigenvalue weighted by molar-refractivity contribution is 9.10. The van der Waals surface area contributed by atoms with E-state index in [0.29, 0.717) is 16.7 Å². The van der Waals surface area contributed by atoms with Gasteiger partial charge >= 0.3 is 0 Å². The van der Waals surface area contributed by atoms with E-state index in [0.717, 1.165) is 10.0 Å². The van der Waals surface area contributed by atoms with Crippen molar-refractivity contribution in [3.05, 3.63) is 78.8 Å². The first-order valence-corrected chi connectivity index (χ1v) is 8.65. The molecule has 0 saturated carbocycles. The number of hydrogen-bond donors (Lipinski definition) is 1. The van der Waals surface area contributed by atoms with Gasteiger partial charge in [0.05, 0.1) is 11.3 Å². The number of carbonyl (C=O) groups excluding carboxylic acids is 1. The van der Waals surface area contributed by atoms with Crippen LogP contribution in [0.25, 0.3) is 6.08 Å². The predicted octanol–water partition coefficient (Wildman–Crippen LogP) is 4.90. The van der Waals surface area contributed by atoms with E-state index in [1.165, 1.54) is 6.08 Å². The van der Waals surface area contributed by atoms with Gasteiger partial charge in [-0.3, -0.25) is 9.59 Å². The maximum absolute atomic E-state index is 12.5. The Kier molecular flexibility index (Phi) is 6.30. The van der Waals surface area contributed by atoms with Gasteiger partial charge in [-0.15, -0.1) is 0 Å². The van der Waals surface area contributed by atoms with Gasteiger partial charge in [0, 0.05) is 15.5 Å². The van der Waals surface area contributed by atoms with Crippen molar-refractivity contribution in [3.8, 4) is 0 Å². The highest BCUT2D eigenvalue weighted by atomic mass is 79.9. The molecule has 0 spiro atoms. The Labute approximate surface area is 151 Å². The van der Waals surface area contributed by atoms with Crippen molar-refractivity contribution in [3.63, 3.8) is 0 Å². The molecule has 23 heavy (non-hydrogen) atoms. The summed E-state index contributed by atoms with van der Waals surface area (Å²) in [5.41, 5.74) is 1.12. The van der Waals surface area contributed by atoms with Crippen LogP contribution in [0.5, 0.6) is 0 Å². The molecule has 0 aromatic heterocycles. The van der Waals surface area contributed by atoms with Gasteiger partial charge in [0.1, 0.15) is 0 Å². The minimum Gasteiger partial charge on any atom is -0.382 e. The van der Waals surface area contributed by atoms with E-state index >= 15 is 0 Å². The number of ketones is 1. The summed E-state index contributed by atoms with van der Waals surface area (Å²) in [6.45, 7) is 2.51. The van der Waals surface area contributed by atoms with Crippen molar-refractivity contribution in [2.75, 3.05) is 11.9 Å². The van der Waals surface area contributed by atoms with E-state index in [9.17, 15) is 9.59 Å². The van der Waals surface area contributed by atoms with Gasteiger partial charge in [-0.1, -0.05) is 50.1 Å². The average molecular weight is 437 g/mol. The van der Waals surface area contributed by atoms with Gasteiger partial charge in [-0.2, -0.15) is 0 Å². The van der Waals surface area contributed by atoms with E-state index in [2.05, 4.69) is 37.2 Å². The topological polar surface area (TPSA) is 46.2 Å². The first-order chi connectivity index (χ1) is 11.0. The zero-order valence-corrected chi connectivity index (χ0v) is 15.6. The summed E-state index contributed by atoms with van der Waals surface area (Å²) in [7, 11) is 0. The Morgan fingerprint density at radius 3 is 2.57 bits per heavy atom. The highest BCUT2D eigenvalue weighted by Crippen LogP contribution is 2.15. The van der Waals surface area contributed by atoms with Crippen molar-refractivity contribution < 1.29 is 4.79 Å². The van der Waals surface area contributed by atoms with Gasteiger partial charge in [-0.05, 0) is 48.9 Å². The maximum atomic E-state index is 12.5. The van der Waals surface area contributed by atoms with Crippen LogP contribution in [0.4, 0.5) is 5.69 Å². The van der Waals surface area contributed by atoms with Crippen LogP contribution < -0.4 is 10.7 Å². The molecule has 0 atom stereocenters. The molecule has 0 radical (unpaired) electrons. The summed E-state index contributed by atoms with van der Waals surface area (Å²) in [5, 5.41) is 2.98. The lowest BCUT2D eigenvalue weighted by atomic mass is 10.1. The fourth-order valence-electron chi connectivity index (χ4n) is 2.02. The molecule has 3 nitrogen and oxygen atoms in total. The Morgan fingerprint density at radius 2 is 1.87 bits per heavy atom. The van der Waals surface area contributed by atoms with Crippen LogP contribution in [-0.2, 0) is 0 Å². The molecule has 0 amide bonds. The van der Waals surface area contributed by atoms with Crippen molar-refractivity contribution >= 4 is 49.4 Å². The van der Waals surface area contributed by atoms with Crippen LogP contribution in [-0.4, -0.2) is 12.3 Å². The third kappa shape index (κ3) is 4.88. The molecule has 0 unspecified atom stereocenters. The molecular formula is C18H15Br2NO2. The van der Waals surface area contributed by atoms with Crippen molar-refractivity contribution in [2.45, 2.75) is 6.92 Å². The van der Waals surface area contributed by atoms with Gasteiger partial charge in [0.2, 0.25) is 5.43 Å². The number of hydrogen-bond acceptors (Lipinski definition) is 3. The largest absolute Gasteiger partial charge is 0.382 e. The SMILES string of the molecule is CCNc1ccc(Br)cc(C(=O)C=Cc2cccc(Br)c2)c1=O. The van der Waals surface area contributed by atoms with E-state index in [-0.39, 0.29) is 16.8 Å². The second kappa shape index (κ2) is 8.22. The Morgan fingerprint density at radius 1 is 1.13 bits per heavy atom. The van der Waals surface area contributed by atoms with E-state index < -0.39 is 0 Å². The first kappa shape index (κ1) is 17.6. The minimum absolute atomic E-state index is 0.129. The molecule has 2 rings (SSSR count). The molecule has 0 aliphatic carbocycles. The molecule has 0 saturated heterocycles. The molecular weight excluding hydrogens is 422 g/mol. The van der Waals surface area contributed by atoms with Gasteiger partial charge in [-0.25, -0.2) is 0 Å². The Bertz CT molecular complexity index is 816. The fraction of sp³-hybridized carbons (Fsp3) is 0.111. The van der Waals surface area contributed by atoms with Gasteiger partial charge in [0.15, 0.2) is 5.78 Å². The lowest BCUT2D eigenvalue weighted by Crippen LogP contribution is -2.15. The monoisotopic (exact) mass is 435 g/mol. The maximum Gasteiger partial charge on any atom is 0.212 e. The molecule has 0 aliphatic rings. The third-order valence-electron chi connectivity index (χ3n) is 3.09. The zero-order chi connectivity index (χ0) is 16.8. The smallest absolute Gasteiger partial charge is 0.212 e. The van der Waals surface area contributed by atoms with Crippen LogP contribution in [0.2, 0.25) is 0 Å². The van der Waals surface area contributed by atoms with Crippen LogP contribution in [0.15, 0.2) is 62.3 Å². The lowest BCUT2D eigenvalue weighted by Gasteiger charge is -1.99. The summed E-state index contributed by atoms with van der Waals surface area (Å²) in [4.78, 5) is 24.9. The molecule has 0 bridgehead atoms. The van der Waals surface area contributed by atoms with Gasteiger partial charge in [0.25, 0.3) is 0 Å². The number of halogens is 2. The number of benzene rings is 1. The van der Waals surface area contributed by atoms with Gasteiger partial charge < -0.3 is 5.32 Å². The quantitative estimate of drug-likeness (QED) is 0.535. The van der Waals surface area contributed by atoms with Crippen LogP contribution in [0.3, 0.4) is 0 Å². The van der Waals surface area contributed by atoms with Crippen molar-refractivity contribution in [1.29, 1.82) is 0 Å². The molecule has 0 heterocycles. The third-order valence-corrected chi connectivity index (χ3v) is 4.08. The lowest BCUT2D eigenvalue weighted by molar-refractivity contribution is 0.104. The summed E-state index contributed by atoms with van der Waals surface area (Å²) >= 11 is 6.72. The normalized spacial score (nSPS) is 10.7. The molecule has 5 heteroatoms. The zero-order valence-electron chi connectivity index (χ0n) is 12.5. The van der Waals surface area contributed by atoms with Crippen LogP contribution >= 0.6 is 31.9 Å². The average Bonchev–Trinajstić information content (AvgIpc) is 2.66. The van der Waals surface area contributed by atoms with E-state index in [1.807, 2.05) is 31.2 Å². The van der Waals surface area contributed by atoms with E-state index in [1.54, 1.807) is 24.3 Å². The van der Waals surface area contributed by atoms with Crippen LogP contribution in [0, 0.1) is 0 Å². The number of anilines is 1. The molecule has 0 fully saturated rings. The minimum atomic E-state index is -0.328. The van der Waals surface area contributed by atoms with Crippen LogP contribution in [0.1, 0.15) is 22.8 Å². The Balaban J connectivity index is 2.39. The summed E-state index contributed by atoms with van der Waals surface area (Å²) < 4.78 is 1.61. The molecule has 0 aliphatic heterocycles. The molecule has 1 N–H and O–H groups in total. The summed E-state index contributed by atoms with van der Waals surface area (Å²) in [6, 6.07) is 12.5. The summed E-state index contributed by atoms with van der Waals surface area (Å²) in [5.74, 6) is -0.328. The van der Waals surface area contributed by atoms with Crippen molar-refractivity contribution in [2.24, 2.45) is 0 Å². The molecule has 118 valence electrons. The first-order valence-electron chi connectivity index (χ1n) is 7.07. The summed E-state index contributed by atoms with van der Waals surface area (Å²) in [6.07, 6.45) is 3.11. The van der Waals surface area contributed by atoms with E-state index in [4.69, 9.17) is 0 Å². The Hall–Kier alpha value is -1.72. The second-order valence-corrected chi connectivity index (χ2v) is 6.63. The number of nitrogens with one attached hydrogen (secondary N) is 1. The molecule has 2 aromatic carbocycles. The number of allylic oxidation sites excluding steroid dienone is 1. The predicted molar refractivity (Wildman–Crippen MR) is 102 cm³/mol. The highest BCUT2D eigenvalue weighted by Gasteiger charge is 2.10. The molecule has 2 aromatic rings. The standard InChI is InChI=1S/C18H15Br2NO2/c1-2-21-16-8-7-14(20)11-15(18(16)23)17(22)9-6-12-4-3-5-13(19)10-12/h3-11H,2H2,1H3,(H,21,23). The number of carbonyl (C=O) groups is 1.